The molecule has 0 saturated carbocycles. The summed E-state index contributed by atoms with van der Waals surface area (Å²) in [4.78, 5) is 10.2. The minimum Gasteiger partial charge on any atom is -0.393 e. The van der Waals surface area contributed by atoms with E-state index in [9.17, 15) is 15.2 Å². The monoisotopic (exact) mass is 223 g/mol. The maximum Gasteiger partial charge on any atom is 0.269 e. The molecule has 0 fully saturated rings. The fourth-order valence-electron chi connectivity index (χ4n) is 1.76. The number of non-ortho nitro benzene ring substituents is 1. The number of hydrogen-bond donors (Lipinski definition) is 1. The van der Waals surface area contributed by atoms with Crippen LogP contribution in [0.4, 0.5) is 5.69 Å². The molecule has 0 heterocycles. The number of rotatable bonds is 5. The van der Waals surface area contributed by atoms with E-state index < -0.39 is 4.92 Å². The van der Waals surface area contributed by atoms with Gasteiger partial charge in [-0.3, -0.25) is 10.1 Å². The number of benzene rings is 1. The average molecular weight is 223 g/mol. The quantitative estimate of drug-likeness (QED) is 0.616. The first-order chi connectivity index (χ1) is 7.54. The van der Waals surface area contributed by atoms with Gasteiger partial charge in [-0.25, -0.2) is 0 Å². The smallest absolute Gasteiger partial charge is 0.269 e. The van der Waals surface area contributed by atoms with Gasteiger partial charge in [0.15, 0.2) is 0 Å². The molecule has 4 nitrogen and oxygen atoms in total. The predicted octanol–water partition coefficient (Wildman–Crippen LogP) is 2.54. The third kappa shape index (κ3) is 3.31. The highest BCUT2D eigenvalue weighted by molar-refractivity contribution is 5.34. The van der Waals surface area contributed by atoms with Crippen molar-refractivity contribution in [3.63, 3.8) is 0 Å². The highest BCUT2D eigenvalue weighted by Gasteiger charge is 2.14. The van der Waals surface area contributed by atoms with Crippen molar-refractivity contribution >= 4 is 5.69 Å². The van der Waals surface area contributed by atoms with Gasteiger partial charge in [-0.1, -0.05) is 25.5 Å². The summed E-state index contributed by atoms with van der Waals surface area (Å²) in [6.07, 6.45) is 1.15. The van der Waals surface area contributed by atoms with Crippen LogP contribution in [-0.2, 0) is 6.42 Å². The lowest BCUT2D eigenvalue weighted by Gasteiger charge is -2.17. The molecule has 0 spiro atoms. The minimum absolute atomic E-state index is 0.109. The second-order valence-corrected chi connectivity index (χ2v) is 4.04. The summed E-state index contributed by atoms with van der Waals surface area (Å²) in [5.74, 6) is 0.155. The van der Waals surface area contributed by atoms with E-state index in [0.29, 0.717) is 6.42 Å². The van der Waals surface area contributed by atoms with Crippen molar-refractivity contribution in [2.24, 2.45) is 5.92 Å². The van der Waals surface area contributed by atoms with Crippen LogP contribution in [0.15, 0.2) is 24.3 Å². The van der Waals surface area contributed by atoms with Gasteiger partial charge in [0.25, 0.3) is 5.69 Å². The van der Waals surface area contributed by atoms with Gasteiger partial charge in [0, 0.05) is 12.1 Å². The van der Waals surface area contributed by atoms with E-state index in [0.717, 1.165) is 12.0 Å². The number of nitro benzene ring substituents is 1. The molecule has 0 radical (unpaired) electrons. The van der Waals surface area contributed by atoms with E-state index >= 15 is 0 Å². The summed E-state index contributed by atoms with van der Waals surface area (Å²) in [6, 6.07) is 6.60. The summed E-state index contributed by atoms with van der Waals surface area (Å²) in [5.41, 5.74) is 1.01. The van der Waals surface area contributed by atoms with Crippen molar-refractivity contribution < 1.29 is 10.0 Å². The molecule has 4 heteroatoms. The van der Waals surface area contributed by atoms with Crippen LogP contribution in [0.25, 0.3) is 0 Å². The maximum absolute atomic E-state index is 10.6. The largest absolute Gasteiger partial charge is 0.393 e. The van der Waals surface area contributed by atoms with Crippen molar-refractivity contribution in [2.45, 2.75) is 32.8 Å². The van der Waals surface area contributed by atoms with Crippen LogP contribution in [0.3, 0.4) is 0 Å². The molecule has 0 aromatic heterocycles. The topological polar surface area (TPSA) is 63.4 Å². The Labute approximate surface area is 95.1 Å². The Kier molecular flexibility index (Phi) is 4.43. The summed E-state index contributed by atoms with van der Waals surface area (Å²) < 4.78 is 0. The van der Waals surface area contributed by atoms with Gasteiger partial charge in [-0.05, 0) is 24.8 Å². The molecule has 1 N–H and O–H groups in total. The fraction of sp³-hybridized carbons (Fsp3) is 0.500. The van der Waals surface area contributed by atoms with Crippen molar-refractivity contribution in [2.75, 3.05) is 0 Å². The van der Waals surface area contributed by atoms with Gasteiger partial charge in [0.2, 0.25) is 0 Å². The van der Waals surface area contributed by atoms with E-state index in [4.69, 9.17) is 0 Å². The molecule has 1 aromatic rings. The normalized spacial score (nSPS) is 14.4. The van der Waals surface area contributed by atoms with Crippen molar-refractivity contribution in [1.29, 1.82) is 0 Å². The summed E-state index contributed by atoms with van der Waals surface area (Å²) >= 11 is 0. The van der Waals surface area contributed by atoms with Gasteiger partial charge in [-0.2, -0.15) is 0 Å². The number of hydrogen-bond acceptors (Lipinski definition) is 3. The molecule has 0 saturated heterocycles. The second-order valence-electron chi connectivity index (χ2n) is 4.04. The molecule has 0 bridgehead atoms. The molecule has 1 aromatic carbocycles. The summed E-state index contributed by atoms with van der Waals surface area (Å²) in [7, 11) is 0. The van der Waals surface area contributed by atoms with Crippen molar-refractivity contribution in [1.82, 2.24) is 0 Å². The molecule has 0 aliphatic heterocycles. The second kappa shape index (κ2) is 5.61. The summed E-state index contributed by atoms with van der Waals surface area (Å²) in [5, 5.41) is 20.1. The summed E-state index contributed by atoms with van der Waals surface area (Å²) in [6.45, 7) is 3.76. The standard InChI is InChI=1S/C12H17NO3/c1-3-11(9(2)14)7-10-5-4-6-12(8-10)13(15)16/h4-6,8-9,11,14H,3,7H2,1-2H3. The van der Waals surface area contributed by atoms with Gasteiger partial charge >= 0.3 is 0 Å². The van der Waals surface area contributed by atoms with E-state index in [1.165, 1.54) is 6.07 Å². The van der Waals surface area contributed by atoms with Crippen molar-refractivity contribution in [3.8, 4) is 0 Å². The maximum atomic E-state index is 10.6. The molecule has 2 atom stereocenters. The first kappa shape index (κ1) is 12.6. The fourth-order valence-corrected chi connectivity index (χ4v) is 1.76. The Bertz CT molecular complexity index is 363. The molecule has 16 heavy (non-hydrogen) atoms. The third-order valence-corrected chi connectivity index (χ3v) is 2.83. The molecule has 2 unspecified atom stereocenters. The zero-order valence-corrected chi connectivity index (χ0v) is 9.59. The van der Waals surface area contributed by atoms with Gasteiger partial charge < -0.3 is 5.11 Å². The lowest BCUT2D eigenvalue weighted by molar-refractivity contribution is -0.384. The molecule has 0 aliphatic rings. The molecular weight excluding hydrogens is 206 g/mol. The van der Waals surface area contributed by atoms with Gasteiger partial charge in [-0.15, -0.1) is 0 Å². The van der Waals surface area contributed by atoms with Gasteiger partial charge in [0.1, 0.15) is 0 Å². The third-order valence-electron chi connectivity index (χ3n) is 2.83. The first-order valence-corrected chi connectivity index (χ1v) is 5.46. The van der Waals surface area contributed by atoms with Crippen molar-refractivity contribution in [3.05, 3.63) is 39.9 Å². The number of aliphatic hydroxyl groups is 1. The van der Waals surface area contributed by atoms with Crippen LogP contribution in [0.1, 0.15) is 25.8 Å². The Balaban J connectivity index is 2.80. The SMILES string of the molecule is CCC(Cc1cccc([N+](=O)[O-])c1)C(C)O. The van der Waals surface area contributed by atoms with Crippen LogP contribution >= 0.6 is 0 Å². The highest BCUT2D eigenvalue weighted by Crippen LogP contribution is 2.19. The Morgan fingerprint density at radius 3 is 2.69 bits per heavy atom. The van der Waals surface area contributed by atoms with Crippen LogP contribution in [0, 0.1) is 16.0 Å². The predicted molar refractivity (Wildman–Crippen MR) is 62.3 cm³/mol. The zero-order valence-electron chi connectivity index (χ0n) is 9.59. The minimum atomic E-state index is -0.396. The van der Waals surface area contributed by atoms with Gasteiger partial charge in [0.05, 0.1) is 11.0 Å². The van der Waals surface area contributed by atoms with Crippen LogP contribution in [-0.4, -0.2) is 16.1 Å². The van der Waals surface area contributed by atoms with E-state index in [2.05, 4.69) is 0 Å². The van der Waals surface area contributed by atoms with Crippen LogP contribution in [0.2, 0.25) is 0 Å². The molecule has 1 rings (SSSR count). The molecule has 0 amide bonds. The Hall–Kier alpha value is -1.42. The Morgan fingerprint density at radius 2 is 2.19 bits per heavy atom. The molecular formula is C12H17NO3. The van der Waals surface area contributed by atoms with E-state index in [1.54, 1.807) is 19.1 Å². The lowest BCUT2D eigenvalue weighted by atomic mass is 9.92. The molecule has 88 valence electrons. The highest BCUT2D eigenvalue weighted by atomic mass is 16.6. The number of nitrogens with zero attached hydrogens (tertiary/aromatic N) is 1. The van der Waals surface area contributed by atoms with Crippen LogP contribution < -0.4 is 0 Å². The lowest BCUT2D eigenvalue weighted by Crippen LogP contribution is -2.18. The average Bonchev–Trinajstić information content (AvgIpc) is 2.25. The van der Waals surface area contributed by atoms with Crippen LogP contribution in [0.5, 0.6) is 0 Å². The molecule has 0 aliphatic carbocycles. The number of nitro groups is 1. The zero-order chi connectivity index (χ0) is 12.1. The Morgan fingerprint density at radius 1 is 1.50 bits per heavy atom. The first-order valence-electron chi connectivity index (χ1n) is 5.46. The van der Waals surface area contributed by atoms with E-state index in [-0.39, 0.29) is 17.7 Å². The van der Waals surface area contributed by atoms with E-state index in [1.807, 2.05) is 13.0 Å². The number of aliphatic hydroxyl groups excluding tert-OH is 1.